The first-order valence-corrected chi connectivity index (χ1v) is 5.12. The number of carbonyl (C=O) groups excluding carboxylic acids is 1. The maximum Gasteiger partial charge on any atom is 0.254 e. The largest absolute Gasteiger partial charge is 0.272 e. The van der Waals surface area contributed by atoms with Crippen LogP contribution in [0.1, 0.15) is 25.3 Å². The number of hydrogen-bond acceptors (Lipinski definition) is 2. The molecule has 1 amide bonds. The van der Waals surface area contributed by atoms with E-state index in [1.54, 1.807) is 12.1 Å². The van der Waals surface area contributed by atoms with Crippen LogP contribution in [0, 0.1) is 0 Å². The van der Waals surface area contributed by atoms with Crippen molar-refractivity contribution in [3.8, 4) is 0 Å². The van der Waals surface area contributed by atoms with Crippen LogP contribution in [0.3, 0.4) is 0 Å². The molecule has 0 aromatic heterocycles. The Hall–Kier alpha value is -1.06. The zero-order valence-corrected chi connectivity index (χ0v) is 9.34. The third-order valence-corrected chi connectivity index (χ3v) is 2.79. The Morgan fingerprint density at radius 2 is 2.20 bits per heavy atom. The van der Waals surface area contributed by atoms with E-state index in [1.165, 1.54) is 0 Å². The van der Waals surface area contributed by atoms with Crippen molar-refractivity contribution in [3.63, 3.8) is 0 Å². The average Bonchev–Trinajstić information content (AvgIpc) is 2.40. The van der Waals surface area contributed by atoms with Crippen LogP contribution in [-0.4, -0.2) is 11.5 Å². The number of hydrogen-bond donors (Lipinski definition) is 1. The van der Waals surface area contributed by atoms with E-state index in [0.717, 1.165) is 5.56 Å². The Bertz CT molecular complexity index is 403. The van der Waals surface area contributed by atoms with Gasteiger partial charge in [0.1, 0.15) is 5.60 Å². The van der Waals surface area contributed by atoms with Gasteiger partial charge in [-0.25, -0.2) is 5.48 Å². The summed E-state index contributed by atoms with van der Waals surface area (Å²) in [5.41, 5.74) is 2.73. The van der Waals surface area contributed by atoms with E-state index in [-0.39, 0.29) is 11.8 Å². The zero-order valence-electron chi connectivity index (χ0n) is 8.58. The van der Waals surface area contributed by atoms with Crippen LogP contribution in [0.15, 0.2) is 24.3 Å². The minimum atomic E-state index is -0.540. The molecule has 1 fully saturated rings. The second-order valence-corrected chi connectivity index (χ2v) is 4.60. The minimum Gasteiger partial charge on any atom is -0.272 e. The van der Waals surface area contributed by atoms with E-state index >= 15 is 0 Å². The lowest BCUT2D eigenvalue weighted by atomic mass is 9.85. The Kier molecular flexibility index (Phi) is 2.44. The van der Waals surface area contributed by atoms with Crippen LogP contribution >= 0.6 is 11.6 Å². The molecule has 1 aromatic carbocycles. The average molecular weight is 226 g/mol. The zero-order chi connectivity index (χ0) is 11.1. The second kappa shape index (κ2) is 3.51. The molecular formula is C11H12ClNO2. The van der Waals surface area contributed by atoms with Gasteiger partial charge in [-0.2, -0.15) is 0 Å². The maximum atomic E-state index is 11.6. The van der Waals surface area contributed by atoms with Gasteiger partial charge >= 0.3 is 0 Å². The van der Waals surface area contributed by atoms with Crippen molar-refractivity contribution in [2.24, 2.45) is 0 Å². The van der Waals surface area contributed by atoms with E-state index in [9.17, 15) is 4.79 Å². The van der Waals surface area contributed by atoms with Gasteiger partial charge in [-0.15, -0.1) is 0 Å². The van der Waals surface area contributed by atoms with Crippen molar-refractivity contribution in [2.75, 3.05) is 0 Å². The fourth-order valence-corrected chi connectivity index (χ4v) is 2.05. The molecule has 1 N–H and O–H groups in total. The summed E-state index contributed by atoms with van der Waals surface area (Å²) >= 11 is 5.89. The quantitative estimate of drug-likeness (QED) is 0.796. The molecule has 15 heavy (non-hydrogen) atoms. The summed E-state index contributed by atoms with van der Waals surface area (Å²) in [7, 11) is 0. The van der Waals surface area contributed by atoms with Crippen LogP contribution in [0.4, 0.5) is 0 Å². The number of halogens is 1. The highest BCUT2D eigenvalue weighted by molar-refractivity contribution is 6.30. The van der Waals surface area contributed by atoms with Crippen molar-refractivity contribution in [3.05, 3.63) is 34.9 Å². The summed E-state index contributed by atoms with van der Waals surface area (Å²) in [5, 5.41) is 0.628. The molecule has 0 bridgehead atoms. The van der Waals surface area contributed by atoms with Crippen LogP contribution in [0.2, 0.25) is 5.02 Å². The van der Waals surface area contributed by atoms with E-state index < -0.39 is 5.60 Å². The van der Waals surface area contributed by atoms with Crippen molar-refractivity contribution in [1.82, 2.24) is 5.48 Å². The maximum absolute atomic E-state index is 11.6. The van der Waals surface area contributed by atoms with Crippen LogP contribution in [0.25, 0.3) is 0 Å². The third kappa shape index (κ3) is 1.85. The summed E-state index contributed by atoms with van der Waals surface area (Å²) in [6, 6.07) is 7.29. The van der Waals surface area contributed by atoms with Gasteiger partial charge in [0.2, 0.25) is 0 Å². The molecule has 1 unspecified atom stereocenters. The number of rotatable bonds is 1. The van der Waals surface area contributed by atoms with Crippen molar-refractivity contribution >= 4 is 17.5 Å². The molecule has 1 saturated heterocycles. The van der Waals surface area contributed by atoms with E-state index in [0.29, 0.717) is 5.02 Å². The summed E-state index contributed by atoms with van der Waals surface area (Å²) in [6.45, 7) is 3.74. The summed E-state index contributed by atoms with van der Waals surface area (Å²) in [6.07, 6.45) is 0. The normalized spacial score (nSPS) is 23.9. The van der Waals surface area contributed by atoms with Gasteiger partial charge in [-0.1, -0.05) is 23.7 Å². The molecule has 3 nitrogen and oxygen atoms in total. The lowest BCUT2D eigenvalue weighted by Gasteiger charge is -2.21. The molecule has 2 rings (SSSR count). The van der Waals surface area contributed by atoms with Crippen LogP contribution < -0.4 is 5.48 Å². The fraction of sp³-hybridized carbons (Fsp3) is 0.364. The molecule has 0 saturated carbocycles. The molecule has 1 aliphatic rings. The SMILES string of the molecule is CC1(C)ONC(=O)C1c1cccc(Cl)c1. The third-order valence-electron chi connectivity index (χ3n) is 2.55. The lowest BCUT2D eigenvalue weighted by Crippen LogP contribution is -2.28. The monoisotopic (exact) mass is 225 g/mol. The van der Waals surface area contributed by atoms with E-state index in [2.05, 4.69) is 5.48 Å². The van der Waals surface area contributed by atoms with E-state index in [1.807, 2.05) is 26.0 Å². The standard InChI is InChI=1S/C11H12ClNO2/c1-11(2)9(10(14)13-15-11)7-4-3-5-8(12)6-7/h3-6,9H,1-2H3,(H,13,14). The topological polar surface area (TPSA) is 38.3 Å². The highest BCUT2D eigenvalue weighted by Crippen LogP contribution is 2.35. The first kappa shape index (κ1) is 10.5. The molecule has 1 atom stereocenters. The van der Waals surface area contributed by atoms with Crippen molar-refractivity contribution < 1.29 is 9.63 Å². The first-order chi connectivity index (χ1) is 7.00. The summed E-state index contributed by atoms with van der Waals surface area (Å²) in [5.74, 6) is -0.432. The lowest BCUT2D eigenvalue weighted by molar-refractivity contribution is -0.125. The van der Waals surface area contributed by atoms with Gasteiger partial charge in [0, 0.05) is 5.02 Å². The van der Waals surface area contributed by atoms with Gasteiger partial charge in [-0.05, 0) is 31.5 Å². The Morgan fingerprint density at radius 3 is 2.73 bits per heavy atom. The number of nitrogens with one attached hydrogen (secondary N) is 1. The molecule has 4 heteroatoms. The Labute approximate surface area is 93.3 Å². The van der Waals surface area contributed by atoms with Crippen molar-refractivity contribution in [2.45, 2.75) is 25.4 Å². The molecule has 1 aromatic rings. The highest BCUT2D eigenvalue weighted by atomic mass is 35.5. The van der Waals surface area contributed by atoms with Crippen molar-refractivity contribution in [1.29, 1.82) is 0 Å². The van der Waals surface area contributed by atoms with Gasteiger partial charge < -0.3 is 0 Å². The van der Waals surface area contributed by atoms with E-state index in [4.69, 9.17) is 16.4 Å². The number of carbonyl (C=O) groups is 1. The molecule has 0 radical (unpaired) electrons. The molecule has 0 aliphatic carbocycles. The van der Waals surface area contributed by atoms with Gasteiger partial charge in [-0.3, -0.25) is 9.63 Å². The molecule has 1 aliphatic heterocycles. The highest BCUT2D eigenvalue weighted by Gasteiger charge is 2.44. The summed E-state index contributed by atoms with van der Waals surface area (Å²) in [4.78, 5) is 16.8. The van der Waals surface area contributed by atoms with Gasteiger partial charge in [0.05, 0.1) is 5.92 Å². The number of benzene rings is 1. The number of hydroxylamine groups is 1. The predicted octanol–water partition coefficient (Wildman–Crippen LogP) is 2.26. The molecular weight excluding hydrogens is 214 g/mol. The smallest absolute Gasteiger partial charge is 0.254 e. The van der Waals surface area contributed by atoms with Gasteiger partial charge in [0.15, 0.2) is 0 Å². The minimum absolute atomic E-state index is 0.123. The van der Waals surface area contributed by atoms with Crippen LogP contribution in [-0.2, 0) is 9.63 Å². The summed E-state index contributed by atoms with van der Waals surface area (Å²) < 4.78 is 0. The molecule has 0 spiro atoms. The predicted molar refractivity (Wildman–Crippen MR) is 57.5 cm³/mol. The Balaban J connectivity index is 2.41. The number of amides is 1. The Morgan fingerprint density at radius 1 is 1.47 bits per heavy atom. The van der Waals surface area contributed by atoms with Gasteiger partial charge in [0.25, 0.3) is 5.91 Å². The fourth-order valence-electron chi connectivity index (χ4n) is 1.85. The molecule has 80 valence electrons. The van der Waals surface area contributed by atoms with Crippen LogP contribution in [0.5, 0.6) is 0 Å². The molecule has 1 heterocycles. The second-order valence-electron chi connectivity index (χ2n) is 4.16. The first-order valence-electron chi connectivity index (χ1n) is 4.74.